The van der Waals surface area contributed by atoms with Crippen LogP contribution in [0.15, 0.2) is 27.3 Å². The lowest BCUT2D eigenvalue weighted by atomic mass is 10.1. The molecule has 0 aliphatic carbocycles. The Morgan fingerprint density at radius 3 is 3.00 bits per heavy atom. The Hall–Kier alpha value is -1.66. The molecule has 0 atom stereocenters. The molecule has 1 aliphatic heterocycles. The third-order valence-electron chi connectivity index (χ3n) is 3.52. The molecule has 0 bridgehead atoms. The summed E-state index contributed by atoms with van der Waals surface area (Å²) in [5.74, 6) is 1.76. The van der Waals surface area contributed by atoms with Crippen LogP contribution in [0.25, 0.3) is 11.7 Å². The van der Waals surface area contributed by atoms with E-state index in [1.165, 1.54) is 12.8 Å². The average Bonchev–Trinajstić information content (AvgIpc) is 3.10. The zero-order valence-corrected chi connectivity index (χ0v) is 11.0. The van der Waals surface area contributed by atoms with Crippen molar-refractivity contribution in [1.82, 2.24) is 20.4 Å². The lowest BCUT2D eigenvalue weighted by Crippen LogP contribution is -2.40. The van der Waals surface area contributed by atoms with Crippen molar-refractivity contribution in [2.45, 2.75) is 25.4 Å². The van der Waals surface area contributed by atoms with Crippen molar-refractivity contribution in [2.24, 2.45) is 0 Å². The summed E-state index contributed by atoms with van der Waals surface area (Å²) in [6.07, 6.45) is 3.93. The first-order valence-electron chi connectivity index (χ1n) is 6.60. The van der Waals surface area contributed by atoms with Gasteiger partial charge in [0.05, 0.1) is 12.8 Å². The summed E-state index contributed by atoms with van der Waals surface area (Å²) < 4.78 is 10.4. The van der Waals surface area contributed by atoms with Crippen LogP contribution in [0.2, 0.25) is 0 Å². The van der Waals surface area contributed by atoms with E-state index in [-0.39, 0.29) is 0 Å². The first-order chi connectivity index (χ1) is 9.33. The fourth-order valence-electron chi connectivity index (χ4n) is 2.42. The third kappa shape index (κ3) is 2.85. The maximum absolute atomic E-state index is 5.24. The second kappa shape index (κ2) is 5.54. The van der Waals surface area contributed by atoms with E-state index in [4.69, 9.17) is 8.94 Å². The van der Waals surface area contributed by atoms with E-state index < -0.39 is 0 Å². The highest BCUT2D eigenvalue weighted by Gasteiger charge is 2.20. The topological polar surface area (TPSA) is 67.3 Å². The Morgan fingerprint density at radius 1 is 1.42 bits per heavy atom. The van der Waals surface area contributed by atoms with Gasteiger partial charge in [-0.05, 0) is 45.1 Å². The van der Waals surface area contributed by atoms with E-state index >= 15 is 0 Å². The van der Waals surface area contributed by atoms with Gasteiger partial charge in [-0.3, -0.25) is 4.90 Å². The smallest absolute Gasteiger partial charge is 0.293 e. The molecular weight excluding hydrogens is 244 g/mol. The maximum Gasteiger partial charge on any atom is 0.293 e. The summed E-state index contributed by atoms with van der Waals surface area (Å²) in [5.41, 5.74) is 0. The molecule has 0 amide bonds. The number of furan rings is 1. The van der Waals surface area contributed by atoms with E-state index in [1.54, 1.807) is 12.3 Å². The van der Waals surface area contributed by atoms with E-state index in [9.17, 15) is 0 Å². The molecule has 19 heavy (non-hydrogen) atoms. The highest BCUT2D eigenvalue weighted by molar-refractivity contribution is 5.42. The summed E-state index contributed by atoms with van der Waals surface area (Å²) in [7, 11) is 2.11. The molecule has 6 nitrogen and oxygen atoms in total. The van der Waals surface area contributed by atoms with Crippen LogP contribution in [0.1, 0.15) is 18.7 Å². The summed E-state index contributed by atoms with van der Waals surface area (Å²) in [4.78, 5) is 6.65. The molecule has 1 saturated heterocycles. The summed E-state index contributed by atoms with van der Waals surface area (Å²) >= 11 is 0. The minimum atomic E-state index is 0.443. The van der Waals surface area contributed by atoms with Crippen molar-refractivity contribution in [3.63, 3.8) is 0 Å². The van der Waals surface area contributed by atoms with Gasteiger partial charge in [-0.25, -0.2) is 0 Å². The van der Waals surface area contributed by atoms with Gasteiger partial charge in [0.1, 0.15) is 0 Å². The Kier molecular flexibility index (Phi) is 3.61. The predicted molar refractivity (Wildman–Crippen MR) is 69.4 cm³/mol. The van der Waals surface area contributed by atoms with Gasteiger partial charge in [-0.15, -0.1) is 0 Å². The number of nitrogens with one attached hydrogen (secondary N) is 1. The van der Waals surface area contributed by atoms with Gasteiger partial charge >= 0.3 is 0 Å². The Labute approximate surface area is 111 Å². The summed E-state index contributed by atoms with van der Waals surface area (Å²) in [5, 5.41) is 7.37. The van der Waals surface area contributed by atoms with Crippen molar-refractivity contribution < 1.29 is 8.94 Å². The summed E-state index contributed by atoms with van der Waals surface area (Å²) in [6.45, 7) is 2.87. The van der Waals surface area contributed by atoms with E-state index in [1.807, 2.05) is 6.07 Å². The van der Waals surface area contributed by atoms with Gasteiger partial charge in [-0.2, -0.15) is 4.98 Å². The molecule has 0 unspecified atom stereocenters. The predicted octanol–water partition coefficient (Wildman–Crippen LogP) is 1.51. The number of piperidine rings is 1. The van der Waals surface area contributed by atoms with E-state index in [0.29, 0.717) is 30.1 Å². The van der Waals surface area contributed by atoms with Crippen molar-refractivity contribution >= 4 is 0 Å². The van der Waals surface area contributed by atoms with Gasteiger partial charge in [0, 0.05) is 6.04 Å². The molecule has 0 radical (unpaired) electrons. The second-order valence-electron chi connectivity index (χ2n) is 4.89. The van der Waals surface area contributed by atoms with Crippen LogP contribution in [0.4, 0.5) is 0 Å². The van der Waals surface area contributed by atoms with Crippen molar-refractivity contribution in [3.05, 3.63) is 24.2 Å². The molecule has 102 valence electrons. The minimum Gasteiger partial charge on any atom is -0.459 e. The van der Waals surface area contributed by atoms with Gasteiger partial charge in [0.2, 0.25) is 0 Å². The minimum absolute atomic E-state index is 0.443. The molecule has 0 saturated carbocycles. The van der Waals surface area contributed by atoms with Crippen LogP contribution in [0.5, 0.6) is 0 Å². The van der Waals surface area contributed by atoms with Crippen LogP contribution in [0, 0.1) is 0 Å². The Bertz CT molecular complexity index is 502. The Balaban J connectivity index is 1.63. The number of aromatic nitrogens is 2. The fourth-order valence-corrected chi connectivity index (χ4v) is 2.42. The standard InChI is InChI=1S/C13H18N4O2/c1-17(10-4-6-14-7-5-10)9-12-15-13(19-16-12)11-3-2-8-18-11/h2-3,8,10,14H,4-7,9H2,1H3. The van der Waals surface area contributed by atoms with Crippen molar-refractivity contribution in [1.29, 1.82) is 0 Å². The highest BCUT2D eigenvalue weighted by Crippen LogP contribution is 2.18. The quantitative estimate of drug-likeness (QED) is 0.901. The maximum atomic E-state index is 5.24. The molecule has 0 spiro atoms. The zero-order valence-electron chi connectivity index (χ0n) is 11.0. The van der Waals surface area contributed by atoms with Crippen LogP contribution in [-0.4, -0.2) is 41.2 Å². The molecule has 0 aromatic carbocycles. The van der Waals surface area contributed by atoms with Crippen molar-refractivity contribution in [3.8, 4) is 11.7 Å². The van der Waals surface area contributed by atoms with Gasteiger partial charge in [0.15, 0.2) is 11.6 Å². The monoisotopic (exact) mass is 262 g/mol. The van der Waals surface area contributed by atoms with E-state index in [0.717, 1.165) is 13.1 Å². The number of nitrogens with zero attached hydrogens (tertiary/aromatic N) is 3. The first kappa shape index (κ1) is 12.4. The SMILES string of the molecule is CN(Cc1noc(-c2ccco2)n1)C1CCNCC1. The molecule has 2 aromatic rings. The lowest BCUT2D eigenvalue weighted by molar-refractivity contribution is 0.186. The largest absolute Gasteiger partial charge is 0.459 e. The Morgan fingerprint density at radius 2 is 2.26 bits per heavy atom. The zero-order chi connectivity index (χ0) is 13.1. The number of hydrogen-bond acceptors (Lipinski definition) is 6. The molecule has 1 fully saturated rings. The lowest BCUT2D eigenvalue weighted by Gasteiger charge is -2.30. The van der Waals surface area contributed by atoms with Gasteiger partial charge < -0.3 is 14.3 Å². The second-order valence-corrected chi connectivity index (χ2v) is 4.89. The number of rotatable bonds is 4. The van der Waals surface area contributed by atoms with Crippen LogP contribution < -0.4 is 5.32 Å². The normalized spacial score (nSPS) is 17.2. The fraction of sp³-hybridized carbons (Fsp3) is 0.538. The van der Waals surface area contributed by atoms with Crippen LogP contribution in [0.3, 0.4) is 0 Å². The molecule has 6 heteroatoms. The average molecular weight is 262 g/mol. The molecule has 2 aromatic heterocycles. The molecule has 3 heterocycles. The highest BCUT2D eigenvalue weighted by atomic mass is 16.5. The van der Waals surface area contributed by atoms with Gasteiger partial charge in [0.25, 0.3) is 5.89 Å². The molecular formula is C13H18N4O2. The first-order valence-corrected chi connectivity index (χ1v) is 6.60. The number of hydrogen-bond donors (Lipinski definition) is 1. The molecule has 3 rings (SSSR count). The van der Waals surface area contributed by atoms with Crippen molar-refractivity contribution in [2.75, 3.05) is 20.1 Å². The molecule has 1 N–H and O–H groups in total. The van der Waals surface area contributed by atoms with E-state index in [2.05, 4.69) is 27.4 Å². The van der Waals surface area contributed by atoms with Crippen LogP contribution in [-0.2, 0) is 6.54 Å². The van der Waals surface area contributed by atoms with Gasteiger partial charge in [-0.1, -0.05) is 5.16 Å². The molecule has 1 aliphatic rings. The third-order valence-corrected chi connectivity index (χ3v) is 3.52. The van der Waals surface area contributed by atoms with Crippen LogP contribution >= 0.6 is 0 Å². The summed E-state index contributed by atoms with van der Waals surface area (Å²) in [6, 6.07) is 4.21.